The summed E-state index contributed by atoms with van der Waals surface area (Å²) in [6, 6.07) is 13.8. The molecule has 35 heavy (non-hydrogen) atoms. The maximum absolute atomic E-state index is 13.3. The van der Waals surface area contributed by atoms with E-state index in [0.717, 1.165) is 0 Å². The number of hydrogen-bond acceptors (Lipinski definition) is 7. The zero-order chi connectivity index (χ0) is 24.4. The van der Waals surface area contributed by atoms with Crippen molar-refractivity contribution in [1.82, 2.24) is 29.9 Å². The van der Waals surface area contributed by atoms with Crippen LogP contribution >= 0.6 is 0 Å². The maximum Gasteiger partial charge on any atom is 0.260 e. The highest BCUT2D eigenvalue weighted by Gasteiger charge is 2.25. The molecule has 1 saturated heterocycles. The molecule has 1 aliphatic heterocycles. The molecule has 0 spiro atoms. The van der Waals surface area contributed by atoms with Gasteiger partial charge in [0.25, 0.3) is 5.91 Å². The van der Waals surface area contributed by atoms with Crippen molar-refractivity contribution in [2.24, 2.45) is 0 Å². The van der Waals surface area contributed by atoms with Gasteiger partial charge in [0.1, 0.15) is 17.9 Å². The maximum atomic E-state index is 13.3. The molecule has 1 fully saturated rings. The van der Waals surface area contributed by atoms with Crippen molar-refractivity contribution in [3.63, 3.8) is 0 Å². The highest BCUT2D eigenvalue weighted by Crippen LogP contribution is 2.24. The number of aromatic nitrogens is 5. The Kier molecular flexibility index (Phi) is 6.26. The molecule has 180 valence electrons. The Morgan fingerprint density at radius 2 is 1.71 bits per heavy atom. The first-order valence-electron chi connectivity index (χ1n) is 11.6. The van der Waals surface area contributed by atoms with Gasteiger partial charge in [0.15, 0.2) is 23.6 Å². The van der Waals surface area contributed by atoms with Gasteiger partial charge in [-0.15, -0.1) is 5.10 Å². The molecule has 9 nitrogen and oxygen atoms in total. The lowest BCUT2D eigenvalue weighted by atomic mass is 10.0. The van der Waals surface area contributed by atoms with E-state index in [1.54, 1.807) is 21.7 Å². The zero-order valence-electron chi connectivity index (χ0n) is 19.6. The highest BCUT2D eigenvalue weighted by molar-refractivity contribution is 5.84. The first-order chi connectivity index (χ1) is 17.0. The van der Waals surface area contributed by atoms with Crippen LogP contribution in [0.3, 0.4) is 0 Å². The van der Waals surface area contributed by atoms with E-state index < -0.39 is 0 Å². The number of nitrogens with zero attached hydrogens (tertiary/aromatic N) is 7. The van der Waals surface area contributed by atoms with Gasteiger partial charge in [0, 0.05) is 26.2 Å². The van der Waals surface area contributed by atoms with Crippen molar-refractivity contribution in [3.8, 4) is 11.4 Å². The van der Waals surface area contributed by atoms with Crippen LogP contribution in [0.15, 0.2) is 54.9 Å². The van der Waals surface area contributed by atoms with Crippen LogP contribution in [0.2, 0.25) is 0 Å². The minimum Gasteiger partial charge on any atom is -0.484 e. The largest absolute Gasteiger partial charge is 0.484 e. The van der Waals surface area contributed by atoms with Gasteiger partial charge >= 0.3 is 0 Å². The van der Waals surface area contributed by atoms with Crippen molar-refractivity contribution in [3.05, 3.63) is 66.2 Å². The van der Waals surface area contributed by atoms with Crippen molar-refractivity contribution in [2.45, 2.75) is 19.8 Å². The summed E-state index contributed by atoms with van der Waals surface area (Å²) in [5.41, 5.74) is 2.99. The van der Waals surface area contributed by atoms with Gasteiger partial charge in [-0.2, -0.15) is 4.68 Å². The Balaban J connectivity index is 1.22. The van der Waals surface area contributed by atoms with Crippen LogP contribution in [0, 0.1) is 5.82 Å². The SMILES string of the molecule is CC(C)c1ccc(OCC(=O)N2CCN(c3ncnc4c3nnn4-c3ccc(F)cc3)CC2)cc1. The van der Waals surface area contributed by atoms with Crippen molar-refractivity contribution < 1.29 is 13.9 Å². The topological polar surface area (TPSA) is 89.3 Å². The Morgan fingerprint density at radius 1 is 1.00 bits per heavy atom. The number of carbonyl (C=O) groups is 1. The minimum atomic E-state index is -0.324. The van der Waals surface area contributed by atoms with E-state index >= 15 is 0 Å². The Labute approximate surface area is 202 Å². The Bertz CT molecular complexity index is 1310. The van der Waals surface area contributed by atoms with E-state index in [4.69, 9.17) is 4.74 Å². The third kappa shape index (κ3) is 4.77. The predicted octanol–water partition coefficient (Wildman–Crippen LogP) is 3.20. The number of piperazine rings is 1. The third-order valence-electron chi connectivity index (χ3n) is 6.13. The van der Waals surface area contributed by atoms with E-state index in [9.17, 15) is 9.18 Å². The van der Waals surface area contributed by atoms with Crippen LogP contribution < -0.4 is 9.64 Å². The molecular weight excluding hydrogens is 449 g/mol. The van der Waals surface area contributed by atoms with Gasteiger partial charge in [-0.05, 0) is 47.9 Å². The molecule has 0 aliphatic carbocycles. The molecule has 0 N–H and O–H groups in total. The fourth-order valence-electron chi connectivity index (χ4n) is 4.08. The number of halogens is 1. The van der Waals surface area contributed by atoms with Gasteiger partial charge < -0.3 is 14.5 Å². The molecular formula is C25H26FN7O2. The van der Waals surface area contributed by atoms with Crippen LogP contribution in [-0.4, -0.2) is 68.6 Å². The molecule has 0 radical (unpaired) electrons. The van der Waals surface area contributed by atoms with Gasteiger partial charge in [0.05, 0.1) is 5.69 Å². The number of carbonyl (C=O) groups excluding carboxylic acids is 1. The third-order valence-corrected chi connectivity index (χ3v) is 6.13. The van der Waals surface area contributed by atoms with E-state index in [0.29, 0.717) is 60.5 Å². The average Bonchev–Trinajstić information content (AvgIpc) is 3.32. The van der Waals surface area contributed by atoms with E-state index in [1.165, 1.54) is 24.0 Å². The molecule has 1 aliphatic rings. The minimum absolute atomic E-state index is 0.00474. The normalized spacial score (nSPS) is 14.1. The van der Waals surface area contributed by atoms with E-state index in [1.807, 2.05) is 24.3 Å². The second-order valence-corrected chi connectivity index (χ2v) is 8.73. The van der Waals surface area contributed by atoms with Gasteiger partial charge in [0.2, 0.25) is 0 Å². The standard InChI is InChI=1S/C25H26FN7O2/c1-17(2)18-3-9-21(10-4-18)35-15-22(34)31-11-13-32(14-12-31)24-23-25(28-16-27-24)33(30-29-23)20-7-5-19(26)6-8-20/h3-10,16-17H,11-15H2,1-2H3. The van der Waals surface area contributed by atoms with Gasteiger partial charge in [-0.1, -0.05) is 31.2 Å². The number of rotatable bonds is 6. The summed E-state index contributed by atoms with van der Waals surface area (Å²) in [7, 11) is 0. The van der Waals surface area contributed by atoms with Gasteiger partial charge in [-0.3, -0.25) is 4.79 Å². The Hall–Kier alpha value is -4.08. The van der Waals surface area contributed by atoms with Crippen LogP contribution in [-0.2, 0) is 4.79 Å². The van der Waals surface area contributed by atoms with Crippen molar-refractivity contribution in [2.75, 3.05) is 37.7 Å². The summed E-state index contributed by atoms with van der Waals surface area (Å²) in [5, 5.41) is 8.47. The first-order valence-corrected chi connectivity index (χ1v) is 11.6. The average molecular weight is 476 g/mol. The number of ether oxygens (including phenoxy) is 1. The van der Waals surface area contributed by atoms with Crippen LogP contribution in [0.25, 0.3) is 16.9 Å². The molecule has 1 amide bonds. The van der Waals surface area contributed by atoms with E-state index in [2.05, 4.69) is 39.0 Å². The lowest BCUT2D eigenvalue weighted by molar-refractivity contribution is -0.133. The molecule has 2 aromatic heterocycles. The van der Waals surface area contributed by atoms with Crippen LogP contribution in [0.4, 0.5) is 10.2 Å². The zero-order valence-corrected chi connectivity index (χ0v) is 19.6. The number of amides is 1. The molecule has 0 saturated carbocycles. The number of fused-ring (bicyclic) bond motifs is 1. The molecule has 2 aromatic carbocycles. The summed E-state index contributed by atoms with van der Waals surface area (Å²) < 4.78 is 20.6. The molecule has 5 rings (SSSR count). The lowest BCUT2D eigenvalue weighted by Gasteiger charge is -2.35. The number of anilines is 1. The summed E-state index contributed by atoms with van der Waals surface area (Å²) in [6.07, 6.45) is 1.47. The number of benzene rings is 2. The fourth-order valence-corrected chi connectivity index (χ4v) is 4.08. The van der Waals surface area contributed by atoms with Crippen molar-refractivity contribution in [1.29, 1.82) is 0 Å². The quantitative estimate of drug-likeness (QED) is 0.423. The molecule has 0 bridgehead atoms. The smallest absolute Gasteiger partial charge is 0.260 e. The molecule has 4 aromatic rings. The molecule has 0 atom stereocenters. The van der Waals surface area contributed by atoms with E-state index in [-0.39, 0.29) is 18.3 Å². The summed E-state index contributed by atoms with van der Waals surface area (Å²) in [4.78, 5) is 25.3. The fraction of sp³-hybridized carbons (Fsp3) is 0.320. The number of hydrogen-bond donors (Lipinski definition) is 0. The van der Waals surface area contributed by atoms with Crippen molar-refractivity contribution >= 4 is 22.9 Å². The first kappa shape index (κ1) is 22.7. The van der Waals surface area contributed by atoms with Crippen LogP contribution in [0.1, 0.15) is 25.3 Å². The Morgan fingerprint density at radius 3 is 2.40 bits per heavy atom. The summed E-state index contributed by atoms with van der Waals surface area (Å²) in [5.74, 6) is 1.43. The lowest BCUT2D eigenvalue weighted by Crippen LogP contribution is -2.50. The summed E-state index contributed by atoms with van der Waals surface area (Å²) >= 11 is 0. The predicted molar refractivity (Wildman–Crippen MR) is 129 cm³/mol. The highest BCUT2D eigenvalue weighted by atomic mass is 19.1. The second kappa shape index (κ2) is 9.65. The molecule has 10 heteroatoms. The summed E-state index contributed by atoms with van der Waals surface area (Å²) in [6.45, 7) is 6.58. The molecule has 0 unspecified atom stereocenters. The monoisotopic (exact) mass is 475 g/mol. The molecule has 3 heterocycles. The van der Waals surface area contributed by atoms with Crippen LogP contribution in [0.5, 0.6) is 5.75 Å². The van der Waals surface area contributed by atoms with Gasteiger partial charge in [-0.25, -0.2) is 14.4 Å². The second-order valence-electron chi connectivity index (χ2n) is 8.73.